The van der Waals surface area contributed by atoms with Crippen molar-refractivity contribution in [1.82, 2.24) is 24.5 Å². The largest absolute Gasteiger partial charge is 0.363 e. The molecule has 0 saturated heterocycles. The van der Waals surface area contributed by atoms with Crippen LogP contribution in [0, 0.1) is 13.8 Å². The van der Waals surface area contributed by atoms with E-state index in [1.807, 2.05) is 19.0 Å². The number of anilines is 1. The number of rotatable bonds is 5. The first-order valence-electron chi connectivity index (χ1n) is 6.71. The molecule has 2 aromatic heterocycles. The summed E-state index contributed by atoms with van der Waals surface area (Å²) in [5.74, 6) is 1.13. The van der Waals surface area contributed by atoms with Gasteiger partial charge in [0.05, 0.1) is 17.9 Å². The van der Waals surface area contributed by atoms with E-state index in [1.54, 1.807) is 37.8 Å². The number of nitrogens with one attached hydrogen (secondary N) is 1. The van der Waals surface area contributed by atoms with Gasteiger partial charge in [-0.1, -0.05) is 0 Å². The number of sulfonamides is 1. The number of hydrogen-bond donors (Lipinski definition) is 1. The normalized spacial score (nSPS) is 11.7. The molecule has 1 N–H and O–H groups in total. The molecule has 0 aliphatic heterocycles. The summed E-state index contributed by atoms with van der Waals surface area (Å²) in [5, 5.41) is 4.13. The number of aromatic nitrogens is 4. The van der Waals surface area contributed by atoms with E-state index in [0.29, 0.717) is 17.2 Å². The molecule has 0 amide bonds. The van der Waals surface area contributed by atoms with Crippen molar-refractivity contribution in [3.05, 3.63) is 29.5 Å². The van der Waals surface area contributed by atoms with E-state index in [4.69, 9.17) is 0 Å². The standard InChI is InChI=1S/C13H20N6O2S/c1-9-13(10(2)19(5)17-9)22(20,21)15-8-11-14-7-6-12(16-11)18(3)4/h6-7,15H,8H2,1-5H3. The zero-order chi connectivity index (χ0) is 16.5. The second kappa shape index (κ2) is 6.01. The third kappa shape index (κ3) is 3.25. The first kappa shape index (κ1) is 16.4. The number of hydrogen-bond acceptors (Lipinski definition) is 6. The van der Waals surface area contributed by atoms with Gasteiger partial charge < -0.3 is 4.90 Å². The van der Waals surface area contributed by atoms with Gasteiger partial charge in [-0.05, 0) is 19.9 Å². The summed E-state index contributed by atoms with van der Waals surface area (Å²) in [7, 11) is 1.77. The fraction of sp³-hybridized carbons (Fsp3) is 0.462. The first-order chi connectivity index (χ1) is 10.2. The molecule has 0 atom stereocenters. The maximum Gasteiger partial charge on any atom is 0.244 e. The van der Waals surface area contributed by atoms with E-state index < -0.39 is 10.0 Å². The van der Waals surface area contributed by atoms with E-state index in [-0.39, 0.29) is 11.4 Å². The Morgan fingerprint density at radius 3 is 2.55 bits per heavy atom. The highest BCUT2D eigenvalue weighted by atomic mass is 32.2. The second-order valence-corrected chi connectivity index (χ2v) is 6.88. The third-order valence-corrected chi connectivity index (χ3v) is 4.93. The molecule has 0 aliphatic carbocycles. The number of aryl methyl sites for hydroxylation is 2. The zero-order valence-corrected chi connectivity index (χ0v) is 14.1. The van der Waals surface area contributed by atoms with Gasteiger partial charge in [-0.15, -0.1) is 0 Å². The molecule has 0 aliphatic rings. The van der Waals surface area contributed by atoms with Crippen LogP contribution in [0.5, 0.6) is 0 Å². The lowest BCUT2D eigenvalue weighted by atomic mass is 10.4. The monoisotopic (exact) mass is 324 g/mol. The zero-order valence-electron chi connectivity index (χ0n) is 13.3. The summed E-state index contributed by atoms with van der Waals surface area (Å²) < 4.78 is 29.0. The molecule has 0 unspecified atom stereocenters. The Kier molecular flexibility index (Phi) is 4.47. The van der Waals surface area contributed by atoms with Crippen LogP contribution in [-0.4, -0.2) is 42.3 Å². The molecule has 0 saturated carbocycles. The predicted molar refractivity (Wildman–Crippen MR) is 83.1 cm³/mol. The van der Waals surface area contributed by atoms with Crippen molar-refractivity contribution in [3.63, 3.8) is 0 Å². The average Bonchev–Trinajstić information content (AvgIpc) is 2.71. The van der Waals surface area contributed by atoms with Crippen LogP contribution in [0.4, 0.5) is 5.82 Å². The van der Waals surface area contributed by atoms with Crippen LogP contribution in [0.2, 0.25) is 0 Å². The van der Waals surface area contributed by atoms with Crippen molar-refractivity contribution in [2.24, 2.45) is 7.05 Å². The van der Waals surface area contributed by atoms with Gasteiger partial charge >= 0.3 is 0 Å². The molecule has 0 aromatic carbocycles. The summed E-state index contributed by atoms with van der Waals surface area (Å²) in [6.45, 7) is 3.42. The molecule has 0 radical (unpaired) electrons. The summed E-state index contributed by atoms with van der Waals surface area (Å²) in [4.78, 5) is 10.4. The van der Waals surface area contributed by atoms with Crippen LogP contribution in [-0.2, 0) is 23.6 Å². The van der Waals surface area contributed by atoms with Crippen LogP contribution in [0.25, 0.3) is 0 Å². The van der Waals surface area contributed by atoms with Crippen LogP contribution in [0.3, 0.4) is 0 Å². The van der Waals surface area contributed by atoms with Gasteiger partial charge in [-0.2, -0.15) is 5.10 Å². The first-order valence-corrected chi connectivity index (χ1v) is 8.20. The van der Waals surface area contributed by atoms with Gasteiger partial charge in [-0.3, -0.25) is 4.68 Å². The second-order valence-electron chi connectivity index (χ2n) is 5.17. The molecule has 120 valence electrons. The highest BCUT2D eigenvalue weighted by molar-refractivity contribution is 7.89. The third-order valence-electron chi connectivity index (χ3n) is 3.28. The van der Waals surface area contributed by atoms with E-state index in [9.17, 15) is 8.42 Å². The molecule has 9 heteroatoms. The van der Waals surface area contributed by atoms with E-state index in [0.717, 1.165) is 5.82 Å². The van der Waals surface area contributed by atoms with Crippen molar-refractivity contribution in [3.8, 4) is 0 Å². The van der Waals surface area contributed by atoms with Gasteiger partial charge in [0.15, 0.2) is 0 Å². The molecule has 8 nitrogen and oxygen atoms in total. The van der Waals surface area contributed by atoms with E-state index in [2.05, 4.69) is 19.8 Å². The lowest BCUT2D eigenvalue weighted by molar-refractivity contribution is 0.577. The van der Waals surface area contributed by atoms with Crippen LogP contribution in [0.15, 0.2) is 17.2 Å². The predicted octanol–water partition coefficient (Wildman–Crippen LogP) is 0.371. The minimum Gasteiger partial charge on any atom is -0.363 e. The molecule has 0 bridgehead atoms. The average molecular weight is 324 g/mol. The summed E-state index contributed by atoms with van der Waals surface area (Å²) in [6, 6.07) is 1.76. The summed E-state index contributed by atoms with van der Waals surface area (Å²) in [6.07, 6.45) is 1.60. The Bertz CT molecular complexity index is 782. The molecule has 2 aromatic rings. The smallest absolute Gasteiger partial charge is 0.244 e. The fourth-order valence-corrected chi connectivity index (χ4v) is 3.51. The van der Waals surface area contributed by atoms with E-state index >= 15 is 0 Å². The van der Waals surface area contributed by atoms with Gasteiger partial charge in [-0.25, -0.2) is 23.1 Å². The van der Waals surface area contributed by atoms with E-state index in [1.165, 1.54) is 0 Å². The van der Waals surface area contributed by atoms with Gasteiger partial charge in [0.25, 0.3) is 0 Å². The molecule has 22 heavy (non-hydrogen) atoms. The SMILES string of the molecule is Cc1nn(C)c(C)c1S(=O)(=O)NCc1nccc(N(C)C)n1. The van der Waals surface area contributed by atoms with Gasteiger partial charge in [0.2, 0.25) is 10.0 Å². The minimum absolute atomic E-state index is 0.0256. The quantitative estimate of drug-likeness (QED) is 0.854. The summed E-state index contributed by atoms with van der Waals surface area (Å²) >= 11 is 0. The van der Waals surface area contributed by atoms with Crippen LogP contribution < -0.4 is 9.62 Å². The van der Waals surface area contributed by atoms with Crippen molar-refractivity contribution in [2.45, 2.75) is 25.3 Å². The Hall–Kier alpha value is -2.00. The number of nitrogens with zero attached hydrogens (tertiary/aromatic N) is 5. The molecular weight excluding hydrogens is 304 g/mol. The van der Waals surface area contributed by atoms with Crippen molar-refractivity contribution >= 4 is 15.8 Å². The highest BCUT2D eigenvalue weighted by Crippen LogP contribution is 2.18. The van der Waals surface area contributed by atoms with Crippen LogP contribution in [0.1, 0.15) is 17.2 Å². The Labute approximate surface area is 130 Å². The maximum absolute atomic E-state index is 12.4. The Morgan fingerprint density at radius 2 is 2.00 bits per heavy atom. The topological polar surface area (TPSA) is 93.0 Å². The molecular formula is C13H20N6O2S. The molecule has 0 spiro atoms. The maximum atomic E-state index is 12.4. The fourth-order valence-electron chi connectivity index (χ4n) is 2.10. The highest BCUT2D eigenvalue weighted by Gasteiger charge is 2.23. The minimum atomic E-state index is -3.66. The van der Waals surface area contributed by atoms with Gasteiger partial charge in [0, 0.05) is 27.3 Å². The lowest BCUT2D eigenvalue weighted by Crippen LogP contribution is -2.25. The Morgan fingerprint density at radius 1 is 1.32 bits per heavy atom. The Balaban J connectivity index is 2.22. The molecule has 0 fully saturated rings. The van der Waals surface area contributed by atoms with Crippen molar-refractivity contribution in [2.75, 3.05) is 19.0 Å². The van der Waals surface area contributed by atoms with Crippen LogP contribution >= 0.6 is 0 Å². The molecule has 2 rings (SSSR count). The lowest BCUT2D eigenvalue weighted by Gasteiger charge is -2.12. The van der Waals surface area contributed by atoms with Gasteiger partial charge in [0.1, 0.15) is 16.5 Å². The van der Waals surface area contributed by atoms with Crippen molar-refractivity contribution < 1.29 is 8.42 Å². The molecule has 2 heterocycles. The summed E-state index contributed by atoms with van der Waals surface area (Å²) in [5.41, 5.74) is 1.06. The van der Waals surface area contributed by atoms with Crippen molar-refractivity contribution in [1.29, 1.82) is 0 Å².